The van der Waals surface area contributed by atoms with E-state index in [1.807, 2.05) is 13.0 Å². The van der Waals surface area contributed by atoms with E-state index in [4.69, 9.17) is 4.74 Å². The maximum Gasteiger partial charge on any atom is 0.235 e. The normalized spacial score (nSPS) is 10.4. The smallest absolute Gasteiger partial charge is 0.235 e. The average Bonchev–Trinajstić information content (AvgIpc) is 2.16. The quantitative estimate of drug-likeness (QED) is 0.546. The Kier molecular flexibility index (Phi) is 3.23. The van der Waals surface area contributed by atoms with Crippen molar-refractivity contribution in [3.63, 3.8) is 0 Å². The van der Waals surface area contributed by atoms with Crippen molar-refractivity contribution in [1.29, 1.82) is 0 Å². The third-order valence-corrected chi connectivity index (χ3v) is 1.82. The fourth-order valence-electron chi connectivity index (χ4n) is 1.09. The Labute approximate surface area is 82.0 Å². The monoisotopic (exact) mass is 193 g/mol. The average molecular weight is 193 g/mol. The lowest BCUT2D eigenvalue weighted by Crippen LogP contribution is -1.88. The van der Waals surface area contributed by atoms with Crippen LogP contribution in [0.5, 0.6) is 5.75 Å². The molecule has 0 aliphatic rings. The SMILES string of the molecule is COc1cc(/C=C/[N+](=O)[O-])ccc1C. The Hall–Kier alpha value is -1.84. The van der Waals surface area contributed by atoms with E-state index in [1.165, 1.54) is 6.08 Å². The minimum Gasteiger partial charge on any atom is -0.496 e. The second-order valence-electron chi connectivity index (χ2n) is 2.83. The van der Waals surface area contributed by atoms with Crippen molar-refractivity contribution in [2.75, 3.05) is 7.11 Å². The second kappa shape index (κ2) is 4.41. The van der Waals surface area contributed by atoms with E-state index in [9.17, 15) is 10.1 Å². The van der Waals surface area contributed by atoms with E-state index >= 15 is 0 Å². The van der Waals surface area contributed by atoms with Gasteiger partial charge in [-0.1, -0.05) is 12.1 Å². The molecule has 0 saturated carbocycles. The van der Waals surface area contributed by atoms with Gasteiger partial charge in [-0.2, -0.15) is 0 Å². The summed E-state index contributed by atoms with van der Waals surface area (Å²) < 4.78 is 5.09. The van der Waals surface area contributed by atoms with E-state index in [1.54, 1.807) is 19.2 Å². The molecule has 0 radical (unpaired) electrons. The van der Waals surface area contributed by atoms with Crippen LogP contribution in [-0.4, -0.2) is 12.0 Å². The van der Waals surface area contributed by atoms with Gasteiger partial charge in [0, 0.05) is 6.08 Å². The van der Waals surface area contributed by atoms with Crippen LogP contribution in [0.2, 0.25) is 0 Å². The molecule has 74 valence electrons. The molecule has 0 atom stereocenters. The van der Waals surface area contributed by atoms with Gasteiger partial charge >= 0.3 is 0 Å². The van der Waals surface area contributed by atoms with Crippen molar-refractivity contribution < 1.29 is 9.66 Å². The first-order valence-corrected chi connectivity index (χ1v) is 4.10. The standard InChI is InChI=1S/C10H11NO3/c1-8-3-4-9(5-6-11(12)13)7-10(8)14-2/h3-7H,1-2H3/b6-5+. The van der Waals surface area contributed by atoms with Gasteiger partial charge in [0.1, 0.15) is 5.75 Å². The molecule has 0 spiro atoms. The first-order valence-electron chi connectivity index (χ1n) is 4.10. The molecule has 0 fully saturated rings. The summed E-state index contributed by atoms with van der Waals surface area (Å²) in [6, 6.07) is 5.42. The van der Waals surface area contributed by atoms with Crippen LogP contribution in [0.25, 0.3) is 6.08 Å². The molecule has 14 heavy (non-hydrogen) atoms. The van der Waals surface area contributed by atoms with Crippen LogP contribution in [0.3, 0.4) is 0 Å². The molecule has 4 heteroatoms. The lowest BCUT2D eigenvalue weighted by molar-refractivity contribution is -0.400. The van der Waals surface area contributed by atoms with Gasteiger partial charge in [0.05, 0.1) is 12.0 Å². The molecule has 0 unspecified atom stereocenters. The zero-order chi connectivity index (χ0) is 10.6. The van der Waals surface area contributed by atoms with E-state index in [0.29, 0.717) is 0 Å². The summed E-state index contributed by atoms with van der Waals surface area (Å²) in [5, 5.41) is 10.1. The second-order valence-corrected chi connectivity index (χ2v) is 2.83. The van der Waals surface area contributed by atoms with Gasteiger partial charge in [-0.3, -0.25) is 10.1 Å². The first-order chi connectivity index (χ1) is 6.63. The van der Waals surface area contributed by atoms with Crippen LogP contribution in [0.4, 0.5) is 0 Å². The van der Waals surface area contributed by atoms with Crippen molar-refractivity contribution in [2.24, 2.45) is 0 Å². The van der Waals surface area contributed by atoms with Gasteiger partial charge < -0.3 is 4.74 Å². The van der Waals surface area contributed by atoms with Crippen molar-refractivity contribution in [3.05, 3.63) is 45.6 Å². The fraction of sp³-hybridized carbons (Fsp3) is 0.200. The molecule has 0 aliphatic heterocycles. The molecular formula is C10H11NO3. The molecule has 0 saturated heterocycles. The summed E-state index contributed by atoms with van der Waals surface area (Å²) >= 11 is 0. The Balaban J connectivity index is 2.95. The summed E-state index contributed by atoms with van der Waals surface area (Å²) in [4.78, 5) is 9.59. The fourth-order valence-corrected chi connectivity index (χ4v) is 1.09. The lowest BCUT2D eigenvalue weighted by atomic mass is 10.1. The zero-order valence-corrected chi connectivity index (χ0v) is 8.06. The molecular weight excluding hydrogens is 182 g/mol. The van der Waals surface area contributed by atoms with Gasteiger partial charge in [-0.05, 0) is 24.1 Å². The highest BCUT2D eigenvalue weighted by Gasteiger charge is 1.98. The van der Waals surface area contributed by atoms with Crippen LogP contribution in [0, 0.1) is 17.0 Å². The predicted molar refractivity (Wildman–Crippen MR) is 53.8 cm³/mol. The number of hydrogen-bond donors (Lipinski definition) is 0. The van der Waals surface area contributed by atoms with E-state index < -0.39 is 4.92 Å². The maximum atomic E-state index is 10.1. The Morgan fingerprint density at radius 1 is 1.50 bits per heavy atom. The summed E-state index contributed by atoms with van der Waals surface area (Å²) in [6.07, 6.45) is 2.34. The summed E-state index contributed by atoms with van der Waals surface area (Å²) in [5.74, 6) is 0.732. The first kappa shape index (κ1) is 10.2. The number of methoxy groups -OCH3 is 1. The molecule has 1 rings (SSSR count). The third kappa shape index (κ3) is 2.58. The molecule has 0 aliphatic carbocycles. The van der Waals surface area contributed by atoms with Crippen LogP contribution in [0.15, 0.2) is 24.4 Å². The van der Waals surface area contributed by atoms with Gasteiger partial charge in [0.2, 0.25) is 6.20 Å². The minimum absolute atomic E-state index is 0.494. The molecule has 4 nitrogen and oxygen atoms in total. The number of ether oxygens (including phenoxy) is 1. The van der Waals surface area contributed by atoms with Crippen molar-refractivity contribution in [3.8, 4) is 5.75 Å². The van der Waals surface area contributed by atoms with Crippen LogP contribution < -0.4 is 4.74 Å². The van der Waals surface area contributed by atoms with E-state index in [2.05, 4.69) is 0 Å². The van der Waals surface area contributed by atoms with Crippen molar-refractivity contribution in [1.82, 2.24) is 0 Å². The number of nitro groups is 1. The van der Waals surface area contributed by atoms with E-state index in [-0.39, 0.29) is 0 Å². The summed E-state index contributed by atoms with van der Waals surface area (Å²) in [7, 11) is 1.57. The van der Waals surface area contributed by atoms with Crippen LogP contribution >= 0.6 is 0 Å². The zero-order valence-electron chi connectivity index (χ0n) is 8.06. The highest BCUT2D eigenvalue weighted by molar-refractivity contribution is 5.52. The highest BCUT2D eigenvalue weighted by atomic mass is 16.6. The van der Waals surface area contributed by atoms with Gasteiger partial charge in [-0.25, -0.2) is 0 Å². The summed E-state index contributed by atoms with van der Waals surface area (Å²) in [5.41, 5.74) is 1.76. The molecule has 0 aromatic heterocycles. The maximum absolute atomic E-state index is 10.1. The van der Waals surface area contributed by atoms with Crippen LogP contribution in [0.1, 0.15) is 11.1 Å². The van der Waals surface area contributed by atoms with Crippen LogP contribution in [-0.2, 0) is 0 Å². The number of nitrogens with zero attached hydrogens (tertiary/aromatic N) is 1. The summed E-state index contributed by atoms with van der Waals surface area (Å²) in [6.45, 7) is 1.92. The number of aryl methyl sites for hydroxylation is 1. The van der Waals surface area contributed by atoms with E-state index in [0.717, 1.165) is 23.1 Å². The Morgan fingerprint density at radius 2 is 2.21 bits per heavy atom. The lowest BCUT2D eigenvalue weighted by Gasteiger charge is -2.04. The Bertz CT molecular complexity index is 372. The minimum atomic E-state index is -0.494. The number of hydrogen-bond acceptors (Lipinski definition) is 3. The predicted octanol–water partition coefficient (Wildman–Crippen LogP) is 2.25. The van der Waals surface area contributed by atoms with Crippen molar-refractivity contribution >= 4 is 6.08 Å². The molecule has 1 aromatic carbocycles. The number of benzene rings is 1. The third-order valence-electron chi connectivity index (χ3n) is 1.82. The largest absolute Gasteiger partial charge is 0.496 e. The van der Waals surface area contributed by atoms with Crippen molar-refractivity contribution in [2.45, 2.75) is 6.92 Å². The van der Waals surface area contributed by atoms with Gasteiger partial charge in [0.15, 0.2) is 0 Å². The molecule has 0 amide bonds. The highest BCUT2D eigenvalue weighted by Crippen LogP contribution is 2.19. The Morgan fingerprint density at radius 3 is 2.79 bits per heavy atom. The molecule has 0 heterocycles. The topological polar surface area (TPSA) is 52.4 Å². The molecule has 1 aromatic rings. The van der Waals surface area contributed by atoms with Gasteiger partial charge in [0.25, 0.3) is 0 Å². The molecule has 0 N–H and O–H groups in total. The number of rotatable bonds is 3. The molecule has 0 bridgehead atoms. The van der Waals surface area contributed by atoms with Gasteiger partial charge in [-0.15, -0.1) is 0 Å².